The zero-order valence-corrected chi connectivity index (χ0v) is 15.5. The third-order valence-electron chi connectivity index (χ3n) is 5.16. The van der Waals surface area contributed by atoms with Crippen LogP contribution < -0.4 is 5.43 Å². The van der Waals surface area contributed by atoms with Crippen molar-refractivity contribution in [3.05, 3.63) is 0 Å². The fourth-order valence-corrected chi connectivity index (χ4v) is 3.83. The summed E-state index contributed by atoms with van der Waals surface area (Å²) in [7, 11) is -2.09. The Morgan fingerprint density at radius 1 is 1.39 bits per heavy atom. The van der Waals surface area contributed by atoms with Gasteiger partial charge in [-0.25, -0.2) is 9.80 Å². The van der Waals surface area contributed by atoms with Crippen molar-refractivity contribution in [2.45, 2.75) is 70.3 Å². The van der Waals surface area contributed by atoms with Gasteiger partial charge in [-0.3, -0.25) is 15.6 Å². The minimum atomic E-state index is -2.09. The number of carboxylic acid groups (broad SMARTS) is 1. The number of carbonyl (C=O) groups excluding carboxylic acids is 1. The van der Waals surface area contributed by atoms with Crippen LogP contribution in [0.15, 0.2) is 0 Å². The number of aliphatic carboxylic acids is 1. The molecule has 2 atom stereocenters. The molecule has 0 aromatic heterocycles. The number of amides is 1. The van der Waals surface area contributed by atoms with E-state index in [1.54, 1.807) is 0 Å². The molecule has 23 heavy (non-hydrogen) atoms. The number of nitrogens with one attached hydrogen (secondary N) is 2. The maximum atomic E-state index is 12.7. The Hall–Kier alpha value is -1.41. The predicted octanol–water partition coefficient (Wildman–Crippen LogP) is 1.95. The monoisotopic (exact) mass is 341 g/mol. The molecule has 1 amide bonds. The summed E-state index contributed by atoms with van der Waals surface area (Å²) in [6.45, 7) is 10.6. The lowest BCUT2D eigenvalue weighted by Crippen LogP contribution is -2.52. The van der Waals surface area contributed by atoms with Crippen LogP contribution in [0.5, 0.6) is 0 Å². The van der Waals surface area contributed by atoms with Crippen LogP contribution in [-0.2, 0) is 14.0 Å². The van der Waals surface area contributed by atoms with Crippen LogP contribution >= 0.6 is 0 Å². The van der Waals surface area contributed by atoms with Crippen LogP contribution in [0, 0.1) is 11.3 Å². The largest absolute Gasteiger partial charge is 0.475 e. The quantitative estimate of drug-likeness (QED) is 0.412. The van der Waals surface area contributed by atoms with E-state index in [-0.39, 0.29) is 17.0 Å². The molecule has 7 nitrogen and oxygen atoms in total. The van der Waals surface area contributed by atoms with Crippen LogP contribution in [-0.4, -0.2) is 48.3 Å². The van der Waals surface area contributed by atoms with Gasteiger partial charge in [-0.05, 0) is 36.9 Å². The van der Waals surface area contributed by atoms with E-state index >= 15 is 0 Å². The molecule has 130 valence electrons. The first-order chi connectivity index (χ1) is 10.4. The highest BCUT2D eigenvalue weighted by Gasteiger charge is 2.51. The number of carboxylic acids is 1. The fraction of sp³-hybridized carbons (Fsp3) is 0.800. The Balaban J connectivity index is 2.13. The van der Waals surface area contributed by atoms with E-state index in [9.17, 15) is 9.59 Å². The maximum absolute atomic E-state index is 12.7. The third-order valence-corrected chi connectivity index (χ3v) is 9.64. The smallest absolute Gasteiger partial charge is 0.372 e. The molecule has 8 heteroatoms. The number of hydrazine groups is 1. The minimum Gasteiger partial charge on any atom is -0.475 e. The van der Waals surface area contributed by atoms with E-state index in [4.69, 9.17) is 14.9 Å². The molecular weight excluding hydrogens is 314 g/mol. The summed E-state index contributed by atoms with van der Waals surface area (Å²) in [6, 6.07) is -0.0861. The number of amidine groups is 1. The fourth-order valence-electron chi connectivity index (χ4n) is 2.57. The van der Waals surface area contributed by atoms with Crippen LogP contribution in [0.1, 0.15) is 40.0 Å². The van der Waals surface area contributed by atoms with Crippen molar-refractivity contribution in [2.24, 2.45) is 5.92 Å². The van der Waals surface area contributed by atoms with Gasteiger partial charge in [-0.1, -0.05) is 20.8 Å². The van der Waals surface area contributed by atoms with E-state index in [0.29, 0.717) is 12.3 Å². The summed E-state index contributed by atoms with van der Waals surface area (Å²) in [6.07, 6.45) is 2.08. The molecule has 2 unspecified atom stereocenters. The highest BCUT2D eigenvalue weighted by molar-refractivity contribution is 6.74. The van der Waals surface area contributed by atoms with Gasteiger partial charge in [-0.15, -0.1) is 0 Å². The maximum Gasteiger partial charge on any atom is 0.372 e. The van der Waals surface area contributed by atoms with E-state index < -0.39 is 26.2 Å². The van der Waals surface area contributed by atoms with Crippen molar-refractivity contribution >= 4 is 26.0 Å². The van der Waals surface area contributed by atoms with Gasteiger partial charge in [-0.2, -0.15) is 0 Å². The minimum absolute atomic E-state index is 0.00300. The summed E-state index contributed by atoms with van der Waals surface area (Å²) in [5.74, 6) is -1.93. The van der Waals surface area contributed by atoms with E-state index in [1.807, 2.05) is 0 Å². The summed E-state index contributed by atoms with van der Waals surface area (Å²) < 4.78 is 6.25. The van der Waals surface area contributed by atoms with Crippen molar-refractivity contribution in [3.63, 3.8) is 0 Å². The average molecular weight is 341 g/mol. The summed E-state index contributed by atoms with van der Waals surface area (Å²) in [4.78, 5) is 23.6. The lowest BCUT2D eigenvalue weighted by Gasteiger charge is -2.37. The molecule has 0 radical (unpaired) electrons. The highest BCUT2D eigenvalue weighted by atomic mass is 28.4. The Morgan fingerprint density at radius 3 is 2.39 bits per heavy atom. The molecule has 2 rings (SSSR count). The summed E-state index contributed by atoms with van der Waals surface area (Å²) in [5, 5.41) is 17.7. The van der Waals surface area contributed by atoms with Gasteiger partial charge in [0.1, 0.15) is 6.10 Å². The normalized spacial score (nSPS) is 25.6. The molecule has 1 aliphatic carbocycles. The molecule has 0 bridgehead atoms. The second-order valence-corrected chi connectivity index (χ2v) is 12.8. The molecular formula is C15H27N3O4Si. The number of hydrogen-bond donors (Lipinski definition) is 3. The Labute approximate surface area is 138 Å². The van der Waals surface area contributed by atoms with Crippen molar-refractivity contribution in [2.75, 3.05) is 0 Å². The van der Waals surface area contributed by atoms with Gasteiger partial charge >= 0.3 is 5.97 Å². The lowest BCUT2D eigenvalue weighted by molar-refractivity contribution is -0.137. The molecule has 1 saturated carbocycles. The summed E-state index contributed by atoms with van der Waals surface area (Å²) >= 11 is 0. The molecule has 3 N–H and O–H groups in total. The van der Waals surface area contributed by atoms with Crippen LogP contribution in [0.3, 0.4) is 0 Å². The molecule has 2 aliphatic rings. The zero-order chi connectivity index (χ0) is 17.6. The van der Waals surface area contributed by atoms with Crippen LogP contribution in [0.25, 0.3) is 0 Å². The molecule has 0 spiro atoms. The molecule has 1 aliphatic heterocycles. The van der Waals surface area contributed by atoms with Crippen molar-refractivity contribution in [1.82, 2.24) is 10.4 Å². The molecule has 0 aromatic carbocycles. The lowest BCUT2D eigenvalue weighted by atomic mass is 10.1. The summed E-state index contributed by atoms with van der Waals surface area (Å²) in [5.41, 5.74) is 2.46. The SMILES string of the molecule is CC(C)(C)[Si](C)(C)OC1CC(C2CC2)N(NC(=N)C(=O)O)C1=O. The number of carbonyl (C=O) groups is 2. The second-order valence-electron chi connectivity index (χ2n) is 8.01. The van der Waals surface area contributed by atoms with Gasteiger partial charge in [0.25, 0.3) is 5.91 Å². The van der Waals surface area contributed by atoms with Gasteiger partial charge in [0.05, 0.1) is 6.04 Å². The van der Waals surface area contributed by atoms with Crippen molar-refractivity contribution < 1.29 is 19.1 Å². The molecule has 1 saturated heterocycles. The number of nitrogens with zero attached hydrogens (tertiary/aromatic N) is 1. The van der Waals surface area contributed by atoms with Crippen molar-refractivity contribution in [3.8, 4) is 0 Å². The first-order valence-corrected chi connectivity index (χ1v) is 10.9. The standard InChI is InChI=1S/C15H27N3O4Si/c1-15(2,3)23(4,5)22-11-8-10(9-6-7-9)18(13(11)19)17-12(16)14(20)21/h9-11H,6-8H2,1-5H3,(H2,16,17)(H,20,21). The topological polar surface area (TPSA) is 103 Å². The number of rotatable bonds is 4. The van der Waals surface area contributed by atoms with Gasteiger partial charge in [0, 0.05) is 6.42 Å². The Bertz CT molecular complexity index is 525. The molecule has 2 fully saturated rings. The van der Waals surface area contributed by atoms with Gasteiger partial charge in [0.15, 0.2) is 8.32 Å². The number of hydrogen-bond acceptors (Lipinski definition) is 4. The van der Waals surface area contributed by atoms with E-state index in [0.717, 1.165) is 12.8 Å². The molecule has 1 heterocycles. The van der Waals surface area contributed by atoms with Gasteiger partial charge < -0.3 is 9.53 Å². The van der Waals surface area contributed by atoms with E-state index in [1.165, 1.54) is 5.01 Å². The highest BCUT2D eigenvalue weighted by Crippen LogP contribution is 2.43. The first-order valence-electron chi connectivity index (χ1n) is 8.03. The van der Waals surface area contributed by atoms with Crippen molar-refractivity contribution in [1.29, 1.82) is 5.41 Å². The van der Waals surface area contributed by atoms with Crippen LogP contribution in [0.2, 0.25) is 18.1 Å². The molecule has 0 aromatic rings. The van der Waals surface area contributed by atoms with Gasteiger partial charge in [0.2, 0.25) is 5.84 Å². The second kappa shape index (κ2) is 5.90. The average Bonchev–Trinajstić information content (AvgIpc) is 3.19. The Kier molecular flexibility index (Phi) is 4.60. The Morgan fingerprint density at radius 2 is 1.96 bits per heavy atom. The van der Waals surface area contributed by atoms with E-state index in [2.05, 4.69) is 39.3 Å². The third kappa shape index (κ3) is 3.74. The predicted molar refractivity (Wildman–Crippen MR) is 88.5 cm³/mol. The first kappa shape index (κ1) is 17.9. The zero-order valence-electron chi connectivity index (χ0n) is 14.5. The van der Waals surface area contributed by atoms with Crippen LogP contribution in [0.4, 0.5) is 0 Å².